The summed E-state index contributed by atoms with van der Waals surface area (Å²) in [5.41, 5.74) is 11.3. The highest BCUT2D eigenvalue weighted by atomic mass is 31.2. The smallest absolute Gasteiger partial charge is 0.472 e. The topological polar surface area (TPSA) is 265 Å². The molecule has 0 aliphatic carbocycles. The van der Waals surface area contributed by atoms with E-state index in [1.165, 1.54) is 51.4 Å². The molecule has 2 aliphatic heterocycles. The van der Waals surface area contributed by atoms with Gasteiger partial charge in [-0.15, -0.1) is 0 Å². The van der Waals surface area contributed by atoms with Crippen molar-refractivity contribution in [2.24, 2.45) is 5.73 Å². The van der Waals surface area contributed by atoms with Gasteiger partial charge in [-0.1, -0.05) is 176 Å². The van der Waals surface area contributed by atoms with Gasteiger partial charge in [0.1, 0.15) is 41.6 Å². The zero-order valence-electron chi connectivity index (χ0n) is 47.8. The maximum atomic E-state index is 12.9. The Balaban J connectivity index is 0.720. The number of aromatic nitrogens is 8. The number of aromatic amines is 2. The van der Waals surface area contributed by atoms with Crippen LogP contribution in [0, 0.1) is 0 Å². The standard InChI is InChI=1S/C63H79N10O9P/c1-2-3-4-5-6-7-8-9-10-11-14-17-32-54(74)79-42-45(43-81-83(76,77)80-39-36-64)82-55(75)33-18-15-12-13-16-25-37-65-38-40-78-44-34-35-52-53(41-44)63-72-61-51-31-24-23-30-50(51)59(70-61)68-57-47-27-20-19-26-46(47)56(66-57)67-58-48-28-21-22-29-49(48)60(69-58)71-62(52)73-63/h19-24,26-31,34-35,41,45,65H,2-18,25,32-33,36-40,42-43,64H2,1H3,(H,76,77)(H2,66,67,68,69,70,71,72,73)/t45-/m0/s1. The van der Waals surface area contributed by atoms with Crippen molar-refractivity contribution >= 4 is 63.9 Å². The molecule has 2 aliphatic rings. The van der Waals surface area contributed by atoms with Crippen LogP contribution in [-0.4, -0.2) is 109 Å². The van der Waals surface area contributed by atoms with Gasteiger partial charge in [-0.25, -0.2) is 34.5 Å². The van der Waals surface area contributed by atoms with Crippen molar-refractivity contribution in [1.82, 2.24) is 45.2 Å². The molecule has 83 heavy (non-hydrogen) atoms. The monoisotopic (exact) mass is 1150 g/mol. The molecule has 5 heterocycles. The van der Waals surface area contributed by atoms with Crippen molar-refractivity contribution in [3.8, 4) is 51.3 Å². The maximum absolute atomic E-state index is 12.9. The summed E-state index contributed by atoms with van der Waals surface area (Å²) in [6.45, 7) is 3.26. The lowest BCUT2D eigenvalue weighted by atomic mass is 10.0. The van der Waals surface area contributed by atoms with Crippen LogP contribution in [0.5, 0.6) is 5.75 Å². The Kier molecular flexibility index (Phi) is 22.7. The van der Waals surface area contributed by atoms with E-state index in [1.54, 1.807) is 0 Å². The Morgan fingerprint density at radius 1 is 0.530 bits per heavy atom. The molecule has 0 spiro atoms. The molecular formula is C63H79N10O9P. The first-order valence-corrected chi connectivity index (χ1v) is 31.4. The van der Waals surface area contributed by atoms with Gasteiger partial charge in [-0.05, 0) is 44.0 Å². The number of H-pyrrole nitrogens is 2. The molecule has 440 valence electrons. The number of nitrogens with zero attached hydrogens (tertiary/aromatic N) is 6. The molecule has 20 heteroatoms. The third-order valence-corrected chi connectivity index (χ3v) is 15.8. The van der Waals surface area contributed by atoms with Crippen LogP contribution in [-0.2, 0) is 32.7 Å². The molecule has 2 atom stereocenters. The molecule has 9 rings (SSSR count). The number of phosphoric acid groups is 1. The highest BCUT2D eigenvalue weighted by molar-refractivity contribution is 7.47. The summed E-state index contributed by atoms with van der Waals surface area (Å²) in [6.07, 6.45) is 19.0. The number of nitrogens with one attached hydrogen (secondary N) is 3. The average Bonchev–Trinajstić information content (AvgIpc) is 4.41. The summed E-state index contributed by atoms with van der Waals surface area (Å²) in [6, 6.07) is 29.9. The number of hydrogen-bond donors (Lipinski definition) is 5. The van der Waals surface area contributed by atoms with Gasteiger partial charge in [0.25, 0.3) is 0 Å². The van der Waals surface area contributed by atoms with Crippen LogP contribution in [0.3, 0.4) is 0 Å². The summed E-state index contributed by atoms with van der Waals surface area (Å²) < 4.78 is 39.5. The van der Waals surface area contributed by atoms with E-state index in [4.69, 9.17) is 58.9 Å². The lowest BCUT2D eigenvalue weighted by molar-refractivity contribution is -0.161. The van der Waals surface area contributed by atoms with Crippen molar-refractivity contribution in [3.63, 3.8) is 0 Å². The molecule has 1 unspecified atom stereocenters. The van der Waals surface area contributed by atoms with Gasteiger partial charge in [-0.3, -0.25) is 18.6 Å². The number of nitrogens with two attached hydrogens (primary N) is 1. The number of ether oxygens (including phenoxy) is 3. The Bertz CT molecular complexity index is 3490. The molecule has 0 amide bonds. The number of benzene rings is 4. The number of carbonyl (C=O) groups excluding carboxylic acids is 2. The minimum Gasteiger partial charge on any atom is -0.492 e. The second kappa shape index (κ2) is 31.1. The van der Waals surface area contributed by atoms with Gasteiger partial charge in [-0.2, -0.15) is 0 Å². The second-order valence-corrected chi connectivity index (χ2v) is 22.7. The van der Waals surface area contributed by atoms with E-state index in [2.05, 4.69) is 22.2 Å². The number of carbonyl (C=O) groups is 2. The Hall–Kier alpha value is -6.99. The van der Waals surface area contributed by atoms with Crippen molar-refractivity contribution in [2.75, 3.05) is 46.1 Å². The van der Waals surface area contributed by atoms with Crippen molar-refractivity contribution < 1.29 is 42.3 Å². The highest BCUT2D eigenvalue weighted by Crippen LogP contribution is 2.43. The van der Waals surface area contributed by atoms with E-state index in [1.807, 2.05) is 91.0 Å². The minimum atomic E-state index is -4.44. The van der Waals surface area contributed by atoms with Gasteiger partial charge in [0, 0.05) is 69.7 Å². The predicted octanol–water partition coefficient (Wildman–Crippen LogP) is 13.2. The second-order valence-electron chi connectivity index (χ2n) is 21.2. The van der Waals surface area contributed by atoms with Crippen LogP contribution in [0.1, 0.15) is 135 Å². The predicted molar refractivity (Wildman–Crippen MR) is 324 cm³/mol. The number of rotatable bonds is 35. The zero-order valence-corrected chi connectivity index (χ0v) is 48.6. The van der Waals surface area contributed by atoms with Gasteiger partial charge in [0.2, 0.25) is 0 Å². The van der Waals surface area contributed by atoms with Gasteiger partial charge in [0.05, 0.1) is 13.2 Å². The molecule has 0 fully saturated rings. The molecule has 0 saturated heterocycles. The third kappa shape index (κ3) is 17.3. The number of unbranched alkanes of at least 4 members (excludes halogenated alkanes) is 16. The zero-order chi connectivity index (χ0) is 57.6. The van der Waals surface area contributed by atoms with Crippen molar-refractivity contribution in [3.05, 3.63) is 91.0 Å². The summed E-state index contributed by atoms with van der Waals surface area (Å²) in [5.74, 6) is 1.88. The summed E-state index contributed by atoms with van der Waals surface area (Å²) in [5, 5.41) is 7.09. The summed E-state index contributed by atoms with van der Waals surface area (Å²) in [7, 11) is -4.44. The Morgan fingerprint density at radius 2 is 0.988 bits per heavy atom. The van der Waals surface area contributed by atoms with Crippen LogP contribution < -0.4 is 15.8 Å². The van der Waals surface area contributed by atoms with Crippen LogP contribution in [0.4, 0.5) is 0 Å². The van der Waals surface area contributed by atoms with Gasteiger partial charge in [0.15, 0.2) is 29.4 Å². The first-order chi connectivity index (χ1) is 40.7. The Morgan fingerprint density at radius 3 is 1.51 bits per heavy atom. The molecular weight excluding hydrogens is 1070 g/mol. The first kappa shape index (κ1) is 60.6. The Labute approximate surface area is 485 Å². The SMILES string of the molecule is CCCCCCCCCCCCCCC(=O)OC[C@@H](COP(=O)(O)OCCN)OC(=O)CCCCCCCCNCCOc1ccc2c(c1)-c1nc-2nc2[nH]c(nc3nc(nc4[nH]c(n1)c1ccccc41)-c1ccccc1-3)c1ccccc21. The fourth-order valence-electron chi connectivity index (χ4n) is 10.4. The normalized spacial score (nSPS) is 13.0. The largest absolute Gasteiger partial charge is 0.492 e. The lowest BCUT2D eigenvalue weighted by Gasteiger charge is -2.19. The van der Waals surface area contributed by atoms with E-state index in [9.17, 15) is 19.0 Å². The maximum Gasteiger partial charge on any atom is 0.472 e. The highest BCUT2D eigenvalue weighted by Gasteiger charge is 2.27. The molecule has 0 radical (unpaired) electrons. The molecule has 7 aromatic rings. The molecule has 8 bridgehead atoms. The van der Waals surface area contributed by atoms with E-state index < -0.39 is 32.5 Å². The van der Waals surface area contributed by atoms with Crippen LogP contribution in [0.15, 0.2) is 91.0 Å². The van der Waals surface area contributed by atoms with Crippen LogP contribution in [0.25, 0.3) is 89.7 Å². The molecule has 4 aromatic carbocycles. The first-order valence-electron chi connectivity index (χ1n) is 29.9. The quantitative estimate of drug-likeness (QED) is 0.0140. The van der Waals surface area contributed by atoms with Gasteiger partial charge >= 0.3 is 19.8 Å². The number of esters is 2. The number of hydrogen-bond acceptors (Lipinski definition) is 16. The molecule has 3 aromatic heterocycles. The van der Waals surface area contributed by atoms with E-state index in [-0.39, 0.29) is 32.6 Å². The average molecular weight is 1150 g/mol. The van der Waals surface area contributed by atoms with Crippen molar-refractivity contribution in [2.45, 2.75) is 141 Å². The van der Waals surface area contributed by atoms with Gasteiger partial charge < -0.3 is 40.1 Å². The lowest BCUT2D eigenvalue weighted by Crippen LogP contribution is -2.29. The molecule has 6 N–H and O–H groups in total. The summed E-state index contributed by atoms with van der Waals surface area (Å²) in [4.78, 5) is 72.9. The molecule has 19 nitrogen and oxygen atoms in total. The van der Waals surface area contributed by atoms with E-state index in [0.29, 0.717) is 77.6 Å². The summed E-state index contributed by atoms with van der Waals surface area (Å²) >= 11 is 0. The number of fused-ring (bicyclic) bond motifs is 20. The van der Waals surface area contributed by atoms with Crippen molar-refractivity contribution in [1.29, 1.82) is 0 Å². The third-order valence-electron chi connectivity index (χ3n) is 14.8. The fraction of sp³-hybridized carbons (Fsp3) is 0.460. The van der Waals surface area contributed by atoms with Crippen LogP contribution >= 0.6 is 7.82 Å². The number of phosphoric ester groups is 1. The fourth-order valence-corrected chi connectivity index (χ4v) is 11.2. The van der Waals surface area contributed by atoms with Crippen LogP contribution in [0.2, 0.25) is 0 Å². The van der Waals surface area contributed by atoms with E-state index >= 15 is 0 Å². The van der Waals surface area contributed by atoms with E-state index in [0.717, 1.165) is 102 Å². The molecule has 0 saturated carbocycles. The minimum absolute atomic E-state index is 0.0248.